The Morgan fingerprint density at radius 3 is 2.43 bits per heavy atom. The number of esters is 1. The van der Waals surface area contributed by atoms with Crippen molar-refractivity contribution in [2.45, 2.75) is 25.9 Å². The van der Waals surface area contributed by atoms with Crippen molar-refractivity contribution in [3.63, 3.8) is 0 Å². The molecular weight excluding hydrogens is 274 g/mol. The molecule has 0 bridgehead atoms. The standard InChI is InChI=1S/C14H19N3O4/c1-9(13(19)17-14(20)16-2)21-12(18)8-5-10-3-6-11(15)7-4-10/h3-4,6-7,9H,5,8,15H2,1-2H3,(H2,16,17,19,20). The highest BCUT2D eigenvalue weighted by molar-refractivity contribution is 5.96. The monoisotopic (exact) mass is 293 g/mol. The zero-order valence-corrected chi connectivity index (χ0v) is 12.0. The summed E-state index contributed by atoms with van der Waals surface area (Å²) in [5, 5.41) is 4.27. The van der Waals surface area contributed by atoms with E-state index in [0.717, 1.165) is 5.56 Å². The lowest BCUT2D eigenvalue weighted by molar-refractivity contribution is -0.154. The van der Waals surface area contributed by atoms with Gasteiger partial charge in [0.1, 0.15) is 0 Å². The smallest absolute Gasteiger partial charge is 0.321 e. The van der Waals surface area contributed by atoms with E-state index in [2.05, 4.69) is 5.32 Å². The first-order chi connectivity index (χ1) is 9.92. The normalized spacial score (nSPS) is 11.3. The average Bonchev–Trinajstić information content (AvgIpc) is 2.46. The molecule has 0 radical (unpaired) electrons. The van der Waals surface area contributed by atoms with Crippen LogP contribution in [0.4, 0.5) is 10.5 Å². The number of urea groups is 1. The fourth-order valence-electron chi connectivity index (χ4n) is 1.52. The number of hydrogen-bond acceptors (Lipinski definition) is 5. The first-order valence-electron chi connectivity index (χ1n) is 6.49. The molecule has 1 unspecified atom stereocenters. The van der Waals surface area contributed by atoms with Crippen LogP contribution < -0.4 is 16.4 Å². The number of aryl methyl sites for hydroxylation is 1. The Labute approximate surface area is 122 Å². The second-order valence-electron chi connectivity index (χ2n) is 4.44. The number of imide groups is 1. The molecule has 7 nitrogen and oxygen atoms in total. The van der Waals surface area contributed by atoms with Crippen LogP contribution in [0.25, 0.3) is 0 Å². The van der Waals surface area contributed by atoms with E-state index in [1.54, 1.807) is 12.1 Å². The van der Waals surface area contributed by atoms with Gasteiger partial charge in [-0.2, -0.15) is 0 Å². The molecular formula is C14H19N3O4. The Bertz CT molecular complexity index is 513. The summed E-state index contributed by atoms with van der Waals surface area (Å²) in [5.74, 6) is -1.18. The molecule has 0 saturated carbocycles. The molecule has 0 aliphatic rings. The molecule has 7 heteroatoms. The molecule has 0 heterocycles. The molecule has 0 fully saturated rings. The zero-order chi connectivity index (χ0) is 15.8. The molecule has 0 saturated heterocycles. The second kappa shape index (κ2) is 7.88. The van der Waals surface area contributed by atoms with Crippen molar-refractivity contribution in [1.82, 2.24) is 10.6 Å². The maximum absolute atomic E-state index is 11.6. The summed E-state index contributed by atoms with van der Waals surface area (Å²) in [6.45, 7) is 1.40. The molecule has 0 aliphatic carbocycles. The number of benzene rings is 1. The maximum Gasteiger partial charge on any atom is 0.321 e. The van der Waals surface area contributed by atoms with Crippen LogP contribution >= 0.6 is 0 Å². The van der Waals surface area contributed by atoms with Gasteiger partial charge >= 0.3 is 12.0 Å². The minimum absolute atomic E-state index is 0.140. The number of nitrogen functional groups attached to an aromatic ring is 1. The van der Waals surface area contributed by atoms with Gasteiger partial charge in [0.25, 0.3) is 5.91 Å². The molecule has 1 aromatic carbocycles. The average molecular weight is 293 g/mol. The fourth-order valence-corrected chi connectivity index (χ4v) is 1.52. The quantitative estimate of drug-likeness (QED) is 0.543. The maximum atomic E-state index is 11.6. The molecule has 0 aromatic heterocycles. The van der Waals surface area contributed by atoms with E-state index in [4.69, 9.17) is 10.5 Å². The van der Waals surface area contributed by atoms with E-state index in [9.17, 15) is 14.4 Å². The first-order valence-corrected chi connectivity index (χ1v) is 6.49. The highest BCUT2D eigenvalue weighted by Crippen LogP contribution is 2.08. The van der Waals surface area contributed by atoms with E-state index in [0.29, 0.717) is 12.1 Å². The van der Waals surface area contributed by atoms with Crippen molar-refractivity contribution in [3.05, 3.63) is 29.8 Å². The van der Waals surface area contributed by atoms with E-state index in [1.165, 1.54) is 14.0 Å². The number of nitrogens with one attached hydrogen (secondary N) is 2. The lowest BCUT2D eigenvalue weighted by Gasteiger charge is -2.12. The third-order valence-corrected chi connectivity index (χ3v) is 2.74. The van der Waals surface area contributed by atoms with E-state index < -0.39 is 24.0 Å². The van der Waals surface area contributed by atoms with Gasteiger partial charge < -0.3 is 15.8 Å². The summed E-state index contributed by atoms with van der Waals surface area (Å²) in [7, 11) is 1.38. The van der Waals surface area contributed by atoms with Crippen molar-refractivity contribution < 1.29 is 19.1 Å². The van der Waals surface area contributed by atoms with Crippen LogP contribution in [0.3, 0.4) is 0 Å². The predicted octanol–water partition coefficient (Wildman–Crippen LogP) is 0.589. The SMILES string of the molecule is CNC(=O)NC(=O)C(C)OC(=O)CCc1ccc(N)cc1. The van der Waals surface area contributed by atoms with Gasteiger partial charge in [0.2, 0.25) is 0 Å². The third-order valence-electron chi connectivity index (χ3n) is 2.74. The summed E-state index contributed by atoms with van der Waals surface area (Å²) >= 11 is 0. The lowest BCUT2D eigenvalue weighted by atomic mass is 10.1. The zero-order valence-electron chi connectivity index (χ0n) is 12.0. The Morgan fingerprint density at radius 1 is 1.24 bits per heavy atom. The van der Waals surface area contributed by atoms with Crippen molar-refractivity contribution >= 4 is 23.6 Å². The van der Waals surface area contributed by atoms with Crippen molar-refractivity contribution in [2.75, 3.05) is 12.8 Å². The molecule has 0 aliphatic heterocycles. The Morgan fingerprint density at radius 2 is 1.86 bits per heavy atom. The van der Waals surface area contributed by atoms with Crippen LogP contribution in [0, 0.1) is 0 Å². The molecule has 114 valence electrons. The van der Waals surface area contributed by atoms with E-state index in [1.807, 2.05) is 17.4 Å². The molecule has 1 rings (SSSR count). The number of amides is 3. The van der Waals surface area contributed by atoms with Gasteiger partial charge in [0.05, 0.1) is 0 Å². The Hall–Kier alpha value is -2.57. The van der Waals surface area contributed by atoms with Gasteiger partial charge in [-0.15, -0.1) is 0 Å². The number of carbonyl (C=O) groups excluding carboxylic acids is 3. The van der Waals surface area contributed by atoms with Crippen molar-refractivity contribution in [2.24, 2.45) is 0 Å². The summed E-state index contributed by atoms with van der Waals surface area (Å²) in [5.41, 5.74) is 7.17. The van der Waals surface area contributed by atoms with Crippen LogP contribution in [0.1, 0.15) is 18.9 Å². The number of ether oxygens (including phenoxy) is 1. The van der Waals surface area contributed by atoms with Gasteiger partial charge in [-0.05, 0) is 31.0 Å². The Kier molecular flexibility index (Phi) is 6.19. The predicted molar refractivity (Wildman–Crippen MR) is 77.3 cm³/mol. The minimum Gasteiger partial charge on any atom is -0.453 e. The highest BCUT2D eigenvalue weighted by atomic mass is 16.5. The largest absolute Gasteiger partial charge is 0.453 e. The molecule has 0 spiro atoms. The van der Waals surface area contributed by atoms with Crippen molar-refractivity contribution in [1.29, 1.82) is 0 Å². The Balaban J connectivity index is 2.37. The fraction of sp³-hybridized carbons (Fsp3) is 0.357. The molecule has 3 amide bonds. The third kappa shape index (κ3) is 5.94. The van der Waals surface area contributed by atoms with E-state index in [-0.39, 0.29) is 6.42 Å². The van der Waals surface area contributed by atoms with Crippen LogP contribution in [0.15, 0.2) is 24.3 Å². The lowest BCUT2D eigenvalue weighted by Crippen LogP contribution is -2.43. The van der Waals surface area contributed by atoms with Gasteiger partial charge in [0.15, 0.2) is 6.10 Å². The molecule has 4 N–H and O–H groups in total. The highest BCUT2D eigenvalue weighted by Gasteiger charge is 2.19. The van der Waals surface area contributed by atoms with Gasteiger partial charge in [-0.1, -0.05) is 12.1 Å². The molecule has 1 aromatic rings. The minimum atomic E-state index is -1.03. The van der Waals surface area contributed by atoms with E-state index >= 15 is 0 Å². The van der Waals surface area contributed by atoms with Crippen LogP contribution in [0.5, 0.6) is 0 Å². The summed E-state index contributed by atoms with van der Waals surface area (Å²) in [4.78, 5) is 34.1. The summed E-state index contributed by atoms with van der Waals surface area (Å²) in [6, 6.07) is 6.50. The van der Waals surface area contributed by atoms with Gasteiger partial charge in [-0.25, -0.2) is 4.79 Å². The first kappa shape index (κ1) is 16.5. The number of rotatable bonds is 5. The van der Waals surface area contributed by atoms with Crippen LogP contribution in [-0.2, 0) is 20.7 Å². The number of anilines is 1. The van der Waals surface area contributed by atoms with Crippen LogP contribution in [-0.4, -0.2) is 31.1 Å². The number of hydrogen-bond donors (Lipinski definition) is 3. The summed E-state index contributed by atoms with van der Waals surface area (Å²) in [6.07, 6.45) is -0.397. The second-order valence-corrected chi connectivity index (χ2v) is 4.44. The number of nitrogens with two attached hydrogens (primary N) is 1. The van der Waals surface area contributed by atoms with Gasteiger partial charge in [-0.3, -0.25) is 14.9 Å². The molecule has 1 atom stereocenters. The molecule has 21 heavy (non-hydrogen) atoms. The van der Waals surface area contributed by atoms with Crippen LogP contribution in [0.2, 0.25) is 0 Å². The number of carbonyl (C=O) groups is 3. The topological polar surface area (TPSA) is 111 Å². The van der Waals surface area contributed by atoms with Gasteiger partial charge in [0, 0.05) is 19.2 Å². The van der Waals surface area contributed by atoms with Crippen molar-refractivity contribution in [3.8, 4) is 0 Å². The summed E-state index contributed by atoms with van der Waals surface area (Å²) < 4.78 is 4.95.